The Hall–Kier alpha value is -2.94. The fourth-order valence-corrected chi connectivity index (χ4v) is 6.52. The van der Waals surface area contributed by atoms with Gasteiger partial charge in [0.2, 0.25) is 5.91 Å². The van der Waals surface area contributed by atoms with Crippen molar-refractivity contribution in [3.63, 3.8) is 0 Å². The van der Waals surface area contributed by atoms with Crippen LogP contribution >= 0.6 is 0 Å². The Kier molecular flexibility index (Phi) is 4.77. The van der Waals surface area contributed by atoms with Crippen LogP contribution in [-0.4, -0.2) is 66.2 Å². The van der Waals surface area contributed by atoms with Crippen molar-refractivity contribution in [1.82, 2.24) is 15.1 Å². The number of nitrogens with one attached hydrogen (secondary N) is 1. The van der Waals surface area contributed by atoms with Crippen LogP contribution in [0.25, 0.3) is 10.8 Å². The maximum Gasteiger partial charge on any atom is 0.325 e. The predicted octanol–water partition coefficient (Wildman–Crippen LogP) is 1.78. The van der Waals surface area contributed by atoms with Crippen molar-refractivity contribution in [2.45, 2.75) is 43.8 Å². The van der Waals surface area contributed by atoms with Crippen molar-refractivity contribution in [2.24, 2.45) is 0 Å². The number of sulfone groups is 1. The second-order valence-electron chi connectivity index (χ2n) is 9.10. The molecule has 2 aromatic rings. The molecule has 2 saturated heterocycles. The van der Waals surface area contributed by atoms with Crippen molar-refractivity contribution in [2.75, 3.05) is 18.1 Å². The third kappa shape index (κ3) is 3.54. The minimum Gasteiger partial charge on any atom is -0.334 e. The number of carbonyl (C=O) groups is 3. The van der Waals surface area contributed by atoms with Gasteiger partial charge in [-0.1, -0.05) is 36.4 Å². The van der Waals surface area contributed by atoms with Crippen molar-refractivity contribution < 1.29 is 22.8 Å². The molecule has 1 saturated carbocycles. The van der Waals surface area contributed by atoms with Crippen LogP contribution in [0.15, 0.2) is 42.5 Å². The second kappa shape index (κ2) is 7.30. The number of fused-ring (bicyclic) bond motifs is 1. The van der Waals surface area contributed by atoms with E-state index in [9.17, 15) is 22.8 Å². The van der Waals surface area contributed by atoms with E-state index in [0.717, 1.165) is 28.5 Å². The zero-order chi connectivity index (χ0) is 22.7. The van der Waals surface area contributed by atoms with Gasteiger partial charge >= 0.3 is 6.03 Å². The summed E-state index contributed by atoms with van der Waals surface area (Å²) < 4.78 is 23.9. The molecule has 0 radical (unpaired) electrons. The summed E-state index contributed by atoms with van der Waals surface area (Å²) in [6.45, 7) is 1.25. The van der Waals surface area contributed by atoms with Crippen molar-refractivity contribution in [3.05, 3.63) is 48.0 Å². The Morgan fingerprint density at radius 3 is 2.47 bits per heavy atom. The molecule has 3 aliphatic rings. The monoisotopic (exact) mass is 455 g/mol. The Morgan fingerprint density at radius 1 is 1.09 bits per heavy atom. The number of carbonyl (C=O) groups excluding carboxylic acids is 3. The van der Waals surface area contributed by atoms with Gasteiger partial charge < -0.3 is 10.2 Å². The zero-order valence-corrected chi connectivity index (χ0v) is 18.6. The van der Waals surface area contributed by atoms with Crippen LogP contribution in [-0.2, 0) is 25.0 Å². The topological polar surface area (TPSA) is 104 Å². The van der Waals surface area contributed by atoms with Crippen LogP contribution in [0, 0.1) is 0 Å². The number of benzene rings is 2. The highest BCUT2D eigenvalue weighted by Crippen LogP contribution is 2.34. The van der Waals surface area contributed by atoms with E-state index in [4.69, 9.17) is 0 Å². The molecule has 4 amide bonds. The summed E-state index contributed by atoms with van der Waals surface area (Å²) >= 11 is 0. The van der Waals surface area contributed by atoms with Gasteiger partial charge in [0.05, 0.1) is 11.5 Å². The van der Waals surface area contributed by atoms with Gasteiger partial charge in [-0.15, -0.1) is 0 Å². The summed E-state index contributed by atoms with van der Waals surface area (Å²) in [6.07, 6.45) is 2.04. The van der Waals surface area contributed by atoms with Crippen LogP contribution in [0.4, 0.5) is 4.79 Å². The van der Waals surface area contributed by atoms with Crippen LogP contribution in [0.1, 0.15) is 31.7 Å². The molecule has 0 aromatic heterocycles. The first-order valence-electron chi connectivity index (χ1n) is 10.8. The molecule has 2 aromatic carbocycles. The maximum absolute atomic E-state index is 13.3. The summed E-state index contributed by atoms with van der Waals surface area (Å²) in [6, 6.07) is 12.3. The summed E-state index contributed by atoms with van der Waals surface area (Å²) in [5, 5.41) is 4.73. The normalized spacial score (nSPS) is 27.0. The molecule has 2 atom stereocenters. The lowest BCUT2D eigenvalue weighted by Gasteiger charge is -2.30. The van der Waals surface area contributed by atoms with Gasteiger partial charge in [-0.05, 0) is 48.6 Å². The number of imide groups is 1. The highest BCUT2D eigenvalue weighted by molar-refractivity contribution is 7.91. The van der Waals surface area contributed by atoms with Crippen LogP contribution in [0.5, 0.6) is 0 Å². The van der Waals surface area contributed by atoms with Gasteiger partial charge in [0, 0.05) is 12.1 Å². The average molecular weight is 456 g/mol. The number of nitrogens with zero attached hydrogens (tertiary/aromatic N) is 2. The number of urea groups is 1. The molecule has 3 fully saturated rings. The molecular weight excluding hydrogens is 430 g/mol. The van der Waals surface area contributed by atoms with E-state index in [1.165, 1.54) is 0 Å². The van der Waals surface area contributed by atoms with Crippen molar-refractivity contribution in [3.8, 4) is 0 Å². The molecule has 0 unspecified atom stereocenters. The SMILES string of the molecule is C[C@@]1(c2ccc3ccccc3c2)NC(=O)N(CC(=O)N(C2CC2)[C@@H]2CCS(=O)(=O)C2)C1=O. The number of hydrogen-bond acceptors (Lipinski definition) is 5. The Morgan fingerprint density at radius 2 is 1.81 bits per heavy atom. The smallest absolute Gasteiger partial charge is 0.325 e. The number of amides is 4. The predicted molar refractivity (Wildman–Crippen MR) is 118 cm³/mol. The summed E-state index contributed by atoms with van der Waals surface area (Å²) in [5.74, 6) is -0.844. The van der Waals surface area contributed by atoms with E-state index in [1.54, 1.807) is 11.8 Å². The average Bonchev–Trinajstić information content (AvgIpc) is 3.48. The van der Waals surface area contributed by atoms with Gasteiger partial charge in [0.25, 0.3) is 5.91 Å². The standard InChI is InChI=1S/C23H25N3O5S/c1-23(17-7-6-15-4-2-3-5-16(15)12-17)21(28)25(22(29)24-23)13-20(27)26(18-8-9-18)19-10-11-32(30,31)14-19/h2-7,12,18-19H,8-11,13-14H2,1H3,(H,24,29)/t19-,23+/m1/s1. The minimum absolute atomic E-state index is 0.00608. The molecule has 1 aliphatic carbocycles. The highest BCUT2D eigenvalue weighted by Gasteiger charge is 2.51. The molecule has 2 heterocycles. The van der Waals surface area contributed by atoms with Crippen LogP contribution in [0.2, 0.25) is 0 Å². The summed E-state index contributed by atoms with van der Waals surface area (Å²) in [4.78, 5) is 41.8. The van der Waals surface area contributed by atoms with Gasteiger partial charge in [0.1, 0.15) is 12.1 Å². The second-order valence-corrected chi connectivity index (χ2v) is 11.3. The molecular formula is C23H25N3O5S. The van der Waals surface area contributed by atoms with Gasteiger partial charge in [0.15, 0.2) is 9.84 Å². The fraction of sp³-hybridized carbons (Fsp3) is 0.435. The number of hydrogen-bond donors (Lipinski definition) is 1. The lowest BCUT2D eigenvalue weighted by Crippen LogP contribution is -2.49. The molecule has 8 nitrogen and oxygen atoms in total. The molecule has 32 heavy (non-hydrogen) atoms. The van der Waals surface area contributed by atoms with E-state index in [1.807, 2.05) is 42.5 Å². The molecule has 0 bridgehead atoms. The largest absolute Gasteiger partial charge is 0.334 e. The molecule has 1 N–H and O–H groups in total. The summed E-state index contributed by atoms with van der Waals surface area (Å²) in [5.41, 5.74) is -0.631. The molecule has 9 heteroatoms. The van der Waals surface area contributed by atoms with Crippen LogP contribution < -0.4 is 5.32 Å². The lowest BCUT2D eigenvalue weighted by molar-refractivity contribution is -0.140. The van der Waals surface area contributed by atoms with Gasteiger partial charge in [-0.2, -0.15) is 0 Å². The molecule has 2 aliphatic heterocycles. The third-order valence-corrected chi connectivity index (χ3v) is 8.48. The van der Waals surface area contributed by atoms with E-state index in [-0.39, 0.29) is 36.0 Å². The first-order chi connectivity index (χ1) is 15.2. The van der Waals surface area contributed by atoms with E-state index in [2.05, 4.69) is 5.32 Å². The molecule has 168 valence electrons. The molecule has 5 rings (SSSR count). The van der Waals surface area contributed by atoms with E-state index >= 15 is 0 Å². The van der Waals surface area contributed by atoms with E-state index in [0.29, 0.717) is 12.0 Å². The van der Waals surface area contributed by atoms with Gasteiger partial charge in [-0.3, -0.25) is 14.5 Å². The Bertz CT molecular complexity index is 1240. The highest BCUT2D eigenvalue weighted by atomic mass is 32.2. The Labute approximate surface area is 186 Å². The van der Waals surface area contributed by atoms with Crippen molar-refractivity contribution in [1.29, 1.82) is 0 Å². The summed E-state index contributed by atoms with van der Waals surface area (Å²) in [7, 11) is -3.15. The fourth-order valence-electron chi connectivity index (χ4n) is 4.81. The zero-order valence-electron chi connectivity index (χ0n) is 17.8. The van der Waals surface area contributed by atoms with E-state index < -0.39 is 27.3 Å². The quantitative estimate of drug-likeness (QED) is 0.693. The Balaban J connectivity index is 1.38. The van der Waals surface area contributed by atoms with Crippen LogP contribution in [0.3, 0.4) is 0 Å². The first kappa shape index (κ1) is 20.9. The lowest BCUT2D eigenvalue weighted by atomic mass is 9.90. The van der Waals surface area contributed by atoms with Crippen molar-refractivity contribution >= 4 is 38.5 Å². The molecule has 0 spiro atoms. The number of rotatable bonds is 5. The van der Waals surface area contributed by atoms with Gasteiger partial charge in [-0.25, -0.2) is 13.2 Å². The minimum atomic E-state index is -3.15. The maximum atomic E-state index is 13.3. The first-order valence-corrected chi connectivity index (χ1v) is 12.6. The third-order valence-electron chi connectivity index (χ3n) is 6.73.